The second-order valence-electron chi connectivity index (χ2n) is 9.46. The summed E-state index contributed by atoms with van der Waals surface area (Å²) in [6, 6.07) is 11.9. The van der Waals surface area contributed by atoms with Gasteiger partial charge in [-0.2, -0.15) is 4.31 Å². The maximum Gasteiger partial charge on any atom is 0.243 e. The van der Waals surface area contributed by atoms with Crippen LogP contribution in [0.1, 0.15) is 59.5 Å². The van der Waals surface area contributed by atoms with E-state index in [9.17, 15) is 13.2 Å². The maximum atomic E-state index is 13.4. The van der Waals surface area contributed by atoms with E-state index in [1.54, 1.807) is 16.4 Å². The predicted octanol–water partition coefficient (Wildman–Crippen LogP) is 4.68. The van der Waals surface area contributed by atoms with Gasteiger partial charge in [0.05, 0.1) is 10.9 Å². The van der Waals surface area contributed by atoms with Crippen LogP contribution < -0.4 is 0 Å². The summed E-state index contributed by atoms with van der Waals surface area (Å²) in [6.45, 7) is 9.72. The van der Waals surface area contributed by atoms with Crippen molar-refractivity contribution in [2.45, 2.75) is 64.3 Å². The van der Waals surface area contributed by atoms with Crippen molar-refractivity contribution in [3.63, 3.8) is 0 Å². The highest BCUT2D eigenvalue weighted by Gasteiger charge is 2.37. The van der Waals surface area contributed by atoms with Crippen LogP contribution in [0.15, 0.2) is 41.3 Å². The Morgan fingerprint density at radius 3 is 2.06 bits per heavy atom. The average Bonchev–Trinajstić information content (AvgIpc) is 3.27. The van der Waals surface area contributed by atoms with Crippen LogP contribution in [-0.4, -0.2) is 43.2 Å². The van der Waals surface area contributed by atoms with Crippen molar-refractivity contribution < 1.29 is 13.2 Å². The molecule has 0 bridgehead atoms. The van der Waals surface area contributed by atoms with E-state index in [2.05, 4.69) is 32.0 Å². The summed E-state index contributed by atoms with van der Waals surface area (Å²) in [5, 5.41) is 0. The molecule has 0 spiro atoms. The van der Waals surface area contributed by atoms with Crippen LogP contribution in [0.2, 0.25) is 0 Å². The number of piperidine rings is 1. The first-order valence-electron chi connectivity index (χ1n) is 11.6. The third kappa shape index (κ3) is 4.35. The standard InChI is InChI=1S/C26H34N2O3S/c1-18-7-9-23(16-20(18)3)25-6-5-13-28(25)26(29)22-11-14-27(15-12-22)32(30,31)24-10-8-19(2)21(4)17-24/h7-10,16-17,22,25H,5-6,11-15H2,1-4H3. The summed E-state index contributed by atoms with van der Waals surface area (Å²) < 4.78 is 27.8. The van der Waals surface area contributed by atoms with Gasteiger partial charge in [-0.05, 0) is 93.3 Å². The summed E-state index contributed by atoms with van der Waals surface area (Å²) >= 11 is 0. The number of carbonyl (C=O) groups excluding carboxylic acids is 1. The molecule has 0 aromatic heterocycles. The van der Waals surface area contributed by atoms with Gasteiger partial charge in [0.15, 0.2) is 0 Å². The summed E-state index contributed by atoms with van der Waals surface area (Å²) in [5.41, 5.74) is 5.79. The summed E-state index contributed by atoms with van der Waals surface area (Å²) in [5.74, 6) is 0.0855. The zero-order chi connectivity index (χ0) is 23.0. The molecule has 6 heteroatoms. The second kappa shape index (κ2) is 8.99. The fraction of sp³-hybridized carbons (Fsp3) is 0.500. The number of carbonyl (C=O) groups is 1. The molecule has 172 valence electrons. The van der Waals surface area contributed by atoms with E-state index in [0.29, 0.717) is 30.8 Å². The fourth-order valence-corrected chi connectivity index (χ4v) is 6.51. The van der Waals surface area contributed by atoms with Crippen LogP contribution in [0.3, 0.4) is 0 Å². The number of rotatable bonds is 4. The Balaban J connectivity index is 1.43. The molecule has 0 radical (unpaired) electrons. The number of hydrogen-bond acceptors (Lipinski definition) is 3. The van der Waals surface area contributed by atoms with Gasteiger partial charge in [0, 0.05) is 25.6 Å². The van der Waals surface area contributed by atoms with Crippen LogP contribution in [0.25, 0.3) is 0 Å². The number of amides is 1. The first kappa shape index (κ1) is 23.0. The molecule has 4 rings (SSSR count). The van der Waals surface area contributed by atoms with Crippen molar-refractivity contribution in [3.8, 4) is 0 Å². The zero-order valence-electron chi connectivity index (χ0n) is 19.6. The number of hydrogen-bond donors (Lipinski definition) is 0. The Kier molecular flexibility index (Phi) is 6.46. The van der Waals surface area contributed by atoms with E-state index >= 15 is 0 Å². The van der Waals surface area contributed by atoms with Crippen LogP contribution in [0, 0.1) is 33.6 Å². The topological polar surface area (TPSA) is 57.7 Å². The molecule has 1 unspecified atom stereocenters. The average molecular weight is 455 g/mol. The Bertz CT molecular complexity index is 1120. The lowest BCUT2D eigenvalue weighted by molar-refractivity contribution is -0.137. The third-order valence-corrected chi connectivity index (χ3v) is 9.27. The quantitative estimate of drug-likeness (QED) is 0.674. The molecule has 2 aliphatic heterocycles. The Hall–Kier alpha value is -2.18. The van der Waals surface area contributed by atoms with Gasteiger partial charge in [-0.25, -0.2) is 8.42 Å². The van der Waals surface area contributed by atoms with Gasteiger partial charge < -0.3 is 4.90 Å². The summed E-state index contributed by atoms with van der Waals surface area (Å²) in [6.07, 6.45) is 3.18. The number of likely N-dealkylation sites (tertiary alicyclic amines) is 1. The first-order valence-corrected chi connectivity index (χ1v) is 13.1. The summed E-state index contributed by atoms with van der Waals surface area (Å²) in [4.78, 5) is 15.8. The molecular weight excluding hydrogens is 420 g/mol. The van der Waals surface area contributed by atoms with Crippen LogP contribution in [0.5, 0.6) is 0 Å². The van der Waals surface area contributed by atoms with Gasteiger partial charge in [-0.15, -0.1) is 0 Å². The third-order valence-electron chi connectivity index (χ3n) is 7.37. The van der Waals surface area contributed by atoms with E-state index < -0.39 is 10.0 Å². The molecule has 0 saturated carbocycles. The largest absolute Gasteiger partial charge is 0.335 e. The minimum absolute atomic E-state index is 0.103. The van der Waals surface area contributed by atoms with E-state index in [-0.39, 0.29) is 17.9 Å². The Morgan fingerprint density at radius 1 is 0.812 bits per heavy atom. The van der Waals surface area contributed by atoms with Crippen molar-refractivity contribution >= 4 is 15.9 Å². The maximum absolute atomic E-state index is 13.4. The molecule has 2 fully saturated rings. The molecule has 2 heterocycles. The van der Waals surface area contributed by atoms with E-state index in [1.807, 2.05) is 24.8 Å². The number of aryl methyl sites for hydroxylation is 4. The molecule has 1 amide bonds. The normalized spacial score (nSPS) is 20.6. The molecular formula is C26H34N2O3S. The Labute approximate surface area is 192 Å². The van der Waals surface area contributed by atoms with Gasteiger partial charge in [0.25, 0.3) is 0 Å². The van der Waals surface area contributed by atoms with Gasteiger partial charge in [0.2, 0.25) is 15.9 Å². The van der Waals surface area contributed by atoms with E-state index in [4.69, 9.17) is 0 Å². The highest BCUT2D eigenvalue weighted by atomic mass is 32.2. The molecule has 32 heavy (non-hydrogen) atoms. The fourth-order valence-electron chi connectivity index (χ4n) is 4.95. The molecule has 0 N–H and O–H groups in total. The van der Waals surface area contributed by atoms with Gasteiger partial charge >= 0.3 is 0 Å². The molecule has 2 aliphatic rings. The zero-order valence-corrected chi connectivity index (χ0v) is 20.4. The number of nitrogens with zero attached hydrogens (tertiary/aromatic N) is 2. The van der Waals surface area contributed by atoms with Crippen molar-refractivity contribution in [1.82, 2.24) is 9.21 Å². The second-order valence-corrected chi connectivity index (χ2v) is 11.4. The van der Waals surface area contributed by atoms with Gasteiger partial charge in [-0.1, -0.05) is 24.3 Å². The minimum Gasteiger partial charge on any atom is -0.335 e. The van der Waals surface area contributed by atoms with E-state index in [0.717, 1.165) is 30.5 Å². The number of benzene rings is 2. The molecule has 2 aromatic rings. The minimum atomic E-state index is -3.52. The lowest BCUT2D eigenvalue weighted by Crippen LogP contribution is -2.44. The van der Waals surface area contributed by atoms with Gasteiger partial charge in [-0.3, -0.25) is 4.79 Å². The monoisotopic (exact) mass is 454 g/mol. The van der Waals surface area contributed by atoms with Crippen molar-refractivity contribution in [2.75, 3.05) is 19.6 Å². The van der Waals surface area contributed by atoms with E-state index in [1.165, 1.54) is 16.7 Å². The van der Waals surface area contributed by atoms with Crippen LogP contribution >= 0.6 is 0 Å². The molecule has 1 atom stereocenters. The van der Waals surface area contributed by atoms with Crippen LogP contribution in [-0.2, 0) is 14.8 Å². The SMILES string of the molecule is Cc1ccc(C2CCCN2C(=O)C2CCN(S(=O)(=O)c3ccc(C)c(C)c3)CC2)cc1C. The highest BCUT2D eigenvalue weighted by Crippen LogP contribution is 2.36. The first-order chi connectivity index (χ1) is 15.2. The van der Waals surface area contributed by atoms with Crippen molar-refractivity contribution in [2.24, 2.45) is 5.92 Å². The lowest BCUT2D eigenvalue weighted by atomic mass is 9.94. The molecule has 5 nitrogen and oxygen atoms in total. The number of sulfonamides is 1. The molecule has 2 saturated heterocycles. The lowest BCUT2D eigenvalue weighted by Gasteiger charge is -2.34. The molecule has 2 aromatic carbocycles. The van der Waals surface area contributed by atoms with Crippen LogP contribution in [0.4, 0.5) is 0 Å². The van der Waals surface area contributed by atoms with Crippen molar-refractivity contribution in [1.29, 1.82) is 0 Å². The highest BCUT2D eigenvalue weighted by molar-refractivity contribution is 7.89. The predicted molar refractivity (Wildman–Crippen MR) is 127 cm³/mol. The van der Waals surface area contributed by atoms with Gasteiger partial charge in [0.1, 0.15) is 0 Å². The summed E-state index contributed by atoms with van der Waals surface area (Å²) in [7, 11) is -3.52. The smallest absolute Gasteiger partial charge is 0.243 e. The molecule has 0 aliphatic carbocycles. The Morgan fingerprint density at radius 2 is 1.44 bits per heavy atom. The van der Waals surface area contributed by atoms with Crippen molar-refractivity contribution in [3.05, 3.63) is 64.2 Å².